The summed E-state index contributed by atoms with van der Waals surface area (Å²) in [5.74, 6) is 0.804. The lowest BCUT2D eigenvalue weighted by Crippen LogP contribution is -2.60. The van der Waals surface area contributed by atoms with Crippen molar-refractivity contribution >= 4 is 11.4 Å². The van der Waals surface area contributed by atoms with Gasteiger partial charge in [-0.1, -0.05) is 0 Å². The molecule has 0 saturated carbocycles. The van der Waals surface area contributed by atoms with E-state index < -0.39 is 0 Å². The molecule has 20 heavy (non-hydrogen) atoms. The molecule has 1 aliphatic rings. The van der Waals surface area contributed by atoms with Crippen LogP contribution in [0, 0.1) is 0 Å². The maximum atomic E-state index is 6.15. The zero-order chi connectivity index (χ0) is 15.1. The van der Waals surface area contributed by atoms with E-state index in [9.17, 15) is 0 Å². The van der Waals surface area contributed by atoms with Gasteiger partial charge in [-0.15, -0.1) is 0 Å². The van der Waals surface area contributed by atoms with E-state index in [-0.39, 0.29) is 17.2 Å². The number of likely N-dealkylation sites (tertiary alicyclic amines) is 1. The van der Waals surface area contributed by atoms with Crippen molar-refractivity contribution in [3.63, 3.8) is 0 Å². The Kier molecular flexibility index (Phi) is 3.63. The summed E-state index contributed by atoms with van der Waals surface area (Å²) >= 11 is 0. The molecule has 0 bridgehead atoms. The fourth-order valence-electron chi connectivity index (χ4n) is 3.18. The van der Waals surface area contributed by atoms with Crippen molar-refractivity contribution in [2.45, 2.75) is 57.7 Å². The number of nitrogens with zero attached hydrogens (tertiary/aromatic N) is 1. The van der Waals surface area contributed by atoms with Crippen LogP contribution in [-0.2, 0) is 0 Å². The molecule has 1 fully saturated rings. The highest BCUT2D eigenvalue weighted by atomic mass is 16.5. The minimum atomic E-state index is 0.117. The number of nitrogens with two attached hydrogens (primary N) is 2. The molecule has 0 unspecified atom stereocenters. The van der Waals surface area contributed by atoms with E-state index in [0.717, 1.165) is 18.6 Å². The van der Waals surface area contributed by atoms with Gasteiger partial charge in [0, 0.05) is 30.0 Å². The van der Waals surface area contributed by atoms with Gasteiger partial charge >= 0.3 is 0 Å². The van der Waals surface area contributed by atoms with Gasteiger partial charge in [-0.3, -0.25) is 4.90 Å². The first kappa shape index (κ1) is 15.0. The minimum absolute atomic E-state index is 0.117. The number of hydrogen-bond acceptors (Lipinski definition) is 4. The van der Waals surface area contributed by atoms with E-state index in [1.807, 2.05) is 12.1 Å². The average molecular weight is 277 g/mol. The summed E-state index contributed by atoms with van der Waals surface area (Å²) in [5.41, 5.74) is 13.0. The van der Waals surface area contributed by atoms with Gasteiger partial charge < -0.3 is 16.2 Å². The SMILES string of the molecule is CN1C(C)(C)CC(Oc2ccc(N)c(N)c2)CC1(C)C. The van der Waals surface area contributed by atoms with Gasteiger partial charge in [-0.05, 0) is 46.9 Å². The molecule has 4 nitrogen and oxygen atoms in total. The third-order valence-corrected chi connectivity index (χ3v) is 4.63. The fraction of sp³-hybridized carbons (Fsp3) is 0.625. The zero-order valence-electron chi connectivity index (χ0n) is 13.2. The normalized spacial score (nSPS) is 22.6. The van der Waals surface area contributed by atoms with Crippen LogP contribution in [0.25, 0.3) is 0 Å². The molecular formula is C16H27N3O. The first-order chi connectivity index (χ1) is 9.12. The van der Waals surface area contributed by atoms with Crippen molar-refractivity contribution in [3.05, 3.63) is 18.2 Å². The first-order valence-corrected chi connectivity index (χ1v) is 7.17. The number of rotatable bonds is 2. The Bertz CT molecular complexity index is 478. The molecule has 1 saturated heterocycles. The Hall–Kier alpha value is -1.42. The molecule has 1 heterocycles. The number of nitrogen functional groups attached to an aromatic ring is 2. The maximum Gasteiger partial charge on any atom is 0.121 e. The summed E-state index contributed by atoms with van der Waals surface area (Å²) in [7, 11) is 2.19. The molecule has 112 valence electrons. The van der Waals surface area contributed by atoms with Gasteiger partial charge in [0.25, 0.3) is 0 Å². The molecule has 0 radical (unpaired) electrons. The summed E-state index contributed by atoms with van der Waals surface area (Å²) in [6, 6.07) is 5.51. The Labute approximate surface area is 122 Å². The van der Waals surface area contributed by atoms with Gasteiger partial charge in [-0.2, -0.15) is 0 Å². The number of hydrogen-bond donors (Lipinski definition) is 2. The third kappa shape index (κ3) is 2.85. The summed E-state index contributed by atoms with van der Waals surface area (Å²) in [4.78, 5) is 2.44. The van der Waals surface area contributed by atoms with Crippen LogP contribution >= 0.6 is 0 Å². The monoisotopic (exact) mass is 277 g/mol. The van der Waals surface area contributed by atoms with Gasteiger partial charge in [0.05, 0.1) is 11.4 Å². The fourth-order valence-corrected chi connectivity index (χ4v) is 3.18. The number of piperidine rings is 1. The largest absolute Gasteiger partial charge is 0.490 e. The number of anilines is 2. The van der Waals surface area contributed by atoms with E-state index in [4.69, 9.17) is 16.2 Å². The van der Waals surface area contributed by atoms with Crippen LogP contribution in [0.2, 0.25) is 0 Å². The molecule has 0 spiro atoms. The smallest absolute Gasteiger partial charge is 0.121 e. The van der Waals surface area contributed by atoms with Crippen molar-refractivity contribution in [2.24, 2.45) is 0 Å². The van der Waals surface area contributed by atoms with Crippen molar-refractivity contribution in [1.29, 1.82) is 0 Å². The molecule has 0 aliphatic carbocycles. The highest BCUT2D eigenvalue weighted by Gasteiger charge is 2.43. The van der Waals surface area contributed by atoms with Gasteiger partial charge in [0.2, 0.25) is 0 Å². The van der Waals surface area contributed by atoms with Crippen LogP contribution in [0.4, 0.5) is 11.4 Å². The maximum absolute atomic E-state index is 6.15. The molecular weight excluding hydrogens is 250 g/mol. The molecule has 4 heteroatoms. The van der Waals surface area contributed by atoms with Crippen molar-refractivity contribution < 1.29 is 4.74 Å². The summed E-state index contributed by atoms with van der Waals surface area (Å²) in [6.45, 7) is 9.06. The highest BCUT2D eigenvalue weighted by molar-refractivity contribution is 5.65. The predicted molar refractivity (Wildman–Crippen MR) is 84.8 cm³/mol. The van der Waals surface area contributed by atoms with Crippen LogP contribution in [0.3, 0.4) is 0 Å². The van der Waals surface area contributed by atoms with Crippen molar-refractivity contribution in [2.75, 3.05) is 18.5 Å². The molecule has 1 aliphatic heterocycles. The Balaban J connectivity index is 2.15. The van der Waals surface area contributed by atoms with Crippen LogP contribution in [0.1, 0.15) is 40.5 Å². The van der Waals surface area contributed by atoms with E-state index in [1.54, 1.807) is 6.07 Å². The molecule has 4 N–H and O–H groups in total. The van der Waals surface area contributed by atoms with Crippen molar-refractivity contribution in [1.82, 2.24) is 4.90 Å². The third-order valence-electron chi connectivity index (χ3n) is 4.63. The summed E-state index contributed by atoms with van der Waals surface area (Å²) < 4.78 is 6.15. The van der Waals surface area contributed by atoms with Crippen molar-refractivity contribution in [3.8, 4) is 5.75 Å². The molecule has 0 atom stereocenters. The molecule has 2 rings (SSSR count). The number of benzene rings is 1. The molecule has 0 aromatic heterocycles. The second kappa shape index (κ2) is 4.85. The van der Waals surface area contributed by atoms with E-state index in [2.05, 4.69) is 39.6 Å². The topological polar surface area (TPSA) is 64.5 Å². The highest BCUT2D eigenvalue weighted by Crippen LogP contribution is 2.38. The molecule has 1 aromatic rings. The molecule has 1 aromatic carbocycles. The van der Waals surface area contributed by atoms with Crippen LogP contribution in [0.15, 0.2) is 18.2 Å². The lowest BCUT2D eigenvalue weighted by molar-refractivity contribution is -0.0556. The van der Waals surface area contributed by atoms with E-state index in [1.165, 1.54) is 0 Å². The second-order valence-electron chi connectivity index (χ2n) is 7.12. The number of ether oxygens (including phenoxy) is 1. The lowest BCUT2D eigenvalue weighted by Gasteiger charge is -2.53. The molecule has 0 amide bonds. The zero-order valence-corrected chi connectivity index (χ0v) is 13.2. The summed E-state index contributed by atoms with van der Waals surface area (Å²) in [5, 5.41) is 0. The predicted octanol–water partition coefficient (Wildman–Crippen LogP) is 2.88. The van der Waals surface area contributed by atoms with Crippen LogP contribution < -0.4 is 16.2 Å². The Morgan fingerprint density at radius 3 is 2.10 bits per heavy atom. The van der Waals surface area contributed by atoms with E-state index in [0.29, 0.717) is 11.4 Å². The quantitative estimate of drug-likeness (QED) is 0.816. The Morgan fingerprint density at radius 2 is 1.60 bits per heavy atom. The standard InChI is InChI=1S/C16H27N3O/c1-15(2)9-12(10-16(3,4)19(15)5)20-11-6-7-13(17)14(18)8-11/h6-8,12H,9-10,17-18H2,1-5H3. The first-order valence-electron chi connectivity index (χ1n) is 7.17. The summed E-state index contributed by atoms with van der Waals surface area (Å²) in [6.07, 6.45) is 2.19. The van der Waals surface area contributed by atoms with Crippen LogP contribution in [-0.4, -0.2) is 29.1 Å². The van der Waals surface area contributed by atoms with Gasteiger partial charge in [-0.25, -0.2) is 0 Å². The minimum Gasteiger partial charge on any atom is -0.490 e. The van der Waals surface area contributed by atoms with E-state index >= 15 is 0 Å². The average Bonchev–Trinajstić information content (AvgIpc) is 2.30. The van der Waals surface area contributed by atoms with Gasteiger partial charge in [0.15, 0.2) is 0 Å². The Morgan fingerprint density at radius 1 is 1.05 bits per heavy atom. The lowest BCUT2D eigenvalue weighted by atomic mass is 9.79. The van der Waals surface area contributed by atoms with Gasteiger partial charge in [0.1, 0.15) is 11.9 Å². The van der Waals surface area contributed by atoms with Crippen LogP contribution in [0.5, 0.6) is 5.75 Å². The second-order valence-corrected chi connectivity index (χ2v) is 7.12.